The second-order valence-electron chi connectivity index (χ2n) is 4.62. The zero-order valence-corrected chi connectivity index (χ0v) is 10.3. The number of aromatic nitrogens is 1. The number of nitrogens with zero attached hydrogens (tertiary/aromatic N) is 2. The van der Waals surface area contributed by atoms with E-state index in [4.69, 9.17) is 0 Å². The number of pyridine rings is 1. The number of fused-ring (bicyclic) bond motifs is 1. The van der Waals surface area contributed by atoms with E-state index >= 15 is 0 Å². The van der Waals surface area contributed by atoms with Crippen molar-refractivity contribution in [2.24, 2.45) is 0 Å². The highest BCUT2D eigenvalue weighted by Gasteiger charge is 2.26. The van der Waals surface area contributed by atoms with E-state index in [1.54, 1.807) is 11.0 Å². The molecule has 0 unspecified atom stereocenters. The summed E-state index contributed by atoms with van der Waals surface area (Å²) in [5, 5.41) is 4.22. The van der Waals surface area contributed by atoms with Gasteiger partial charge < -0.3 is 10.2 Å². The first-order chi connectivity index (χ1) is 8.75. The van der Waals surface area contributed by atoms with Crippen LogP contribution >= 0.6 is 0 Å². The largest absolute Gasteiger partial charge is 0.335 e. The standard InChI is InChI=1S/C14H15N3O/c1-17(11-8-15-9-11)14(18)13-7-6-10-4-2-3-5-12(10)16-13/h2-7,11,15H,8-9H2,1H3. The van der Waals surface area contributed by atoms with Crippen molar-refractivity contribution >= 4 is 16.8 Å². The molecule has 1 saturated heterocycles. The van der Waals surface area contributed by atoms with Crippen LogP contribution in [-0.2, 0) is 0 Å². The highest BCUT2D eigenvalue weighted by Crippen LogP contribution is 2.14. The van der Waals surface area contributed by atoms with Crippen molar-refractivity contribution in [3.8, 4) is 0 Å². The van der Waals surface area contributed by atoms with Crippen LogP contribution in [0.2, 0.25) is 0 Å². The molecule has 4 nitrogen and oxygen atoms in total. The number of likely N-dealkylation sites (N-methyl/N-ethyl adjacent to an activating group) is 1. The Labute approximate surface area is 106 Å². The number of para-hydroxylation sites is 1. The van der Waals surface area contributed by atoms with Crippen LogP contribution in [0, 0.1) is 0 Å². The van der Waals surface area contributed by atoms with E-state index in [1.807, 2.05) is 37.4 Å². The van der Waals surface area contributed by atoms with E-state index in [0.29, 0.717) is 11.7 Å². The summed E-state index contributed by atoms with van der Waals surface area (Å²) in [6.45, 7) is 1.74. The number of carbonyl (C=O) groups is 1. The molecule has 92 valence electrons. The van der Waals surface area contributed by atoms with Gasteiger partial charge in [0.1, 0.15) is 5.69 Å². The minimum Gasteiger partial charge on any atom is -0.335 e. The molecule has 4 heteroatoms. The minimum atomic E-state index is -0.00717. The lowest BCUT2D eigenvalue weighted by Gasteiger charge is -2.35. The minimum absolute atomic E-state index is 0.00717. The molecular weight excluding hydrogens is 226 g/mol. The maximum Gasteiger partial charge on any atom is 0.272 e. The molecule has 0 radical (unpaired) electrons. The van der Waals surface area contributed by atoms with Crippen LogP contribution in [0.4, 0.5) is 0 Å². The molecule has 0 bridgehead atoms. The number of carbonyl (C=O) groups excluding carboxylic acids is 1. The van der Waals surface area contributed by atoms with Gasteiger partial charge >= 0.3 is 0 Å². The quantitative estimate of drug-likeness (QED) is 0.861. The molecule has 1 N–H and O–H groups in total. The maximum absolute atomic E-state index is 12.3. The average Bonchev–Trinajstić information content (AvgIpc) is 2.35. The molecule has 3 rings (SSSR count). The Balaban J connectivity index is 1.91. The van der Waals surface area contributed by atoms with E-state index < -0.39 is 0 Å². The summed E-state index contributed by atoms with van der Waals surface area (Å²) < 4.78 is 0. The van der Waals surface area contributed by atoms with Crippen molar-refractivity contribution < 1.29 is 4.79 Å². The van der Waals surface area contributed by atoms with Crippen LogP contribution in [0.25, 0.3) is 10.9 Å². The predicted octanol–water partition coefficient (Wildman–Crippen LogP) is 1.28. The van der Waals surface area contributed by atoms with Gasteiger partial charge in [-0.15, -0.1) is 0 Å². The van der Waals surface area contributed by atoms with Gasteiger partial charge in [0.15, 0.2) is 0 Å². The Morgan fingerprint density at radius 2 is 2.06 bits per heavy atom. The molecule has 1 aliphatic heterocycles. The number of hydrogen-bond donors (Lipinski definition) is 1. The predicted molar refractivity (Wildman–Crippen MR) is 70.5 cm³/mol. The Morgan fingerprint density at radius 1 is 1.28 bits per heavy atom. The first kappa shape index (κ1) is 11.2. The summed E-state index contributed by atoms with van der Waals surface area (Å²) in [4.78, 5) is 18.5. The molecule has 1 fully saturated rings. The van der Waals surface area contributed by atoms with Gasteiger partial charge in [-0.3, -0.25) is 4.79 Å². The molecule has 1 aromatic heterocycles. The van der Waals surface area contributed by atoms with Crippen LogP contribution in [-0.4, -0.2) is 42.0 Å². The van der Waals surface area contributed by atoms with E-state index in [9.17, 15) is 4.79 Å². The van der Waals surface area contributed by atoms with E-state index in [2.05, 4.69) is 10.3 Å². The van der Waals surface area contributed by atoms with E-state index in [-0.39, 0.29) is 5.91 Å². The van der Waals surface area contributed by atoms with Crippen LogP contribution < -0.4 is 5.32 Å². The van der Waals surface area contributed by atoms with Crippen molar-refractivity contribution in [2.75, 3.05) is 20.1 Å². The van der Waals surface area contributed by atoms with Crippen molar-refractivity contribution in [3.05, 3.63) is 42.1 Å². The SMILES string of the molecule is CN(C(=O)c1ccc2ccccc2n1)C1CNC1. The fourth-order valence-corrected chi connectivity index (χ4v) is 2.08. The summed E-state index contributed by atoms with van der Waals surface area (Å²) in [7, 11) is 1.84. The van der Waals surface area contributed by atoms with Crippen LogP contribution in [0.15, 0.2) is 36.4 Å². The molecule has 1 amide bonds. The van der Waals surface area contributed by atoms with Crippen LogP contribution in [0.3, 0.4) is 0 Å². The fraction of sp³-hybridized carbons (Fsp3) is 0.286. The van der Waals surface area contributed by atoms with Gasteiger partial charge in [0.2, 0.25) is 0 Å². The number of nitrogens with one attached hydrogen (secondary N) is 1. The molecule has 0 atom stereocenters. The zero-order chi connectivity index (χ0) is 12.5. The maximum atomic E-state index is 12.3. The topological polar surface area (TPSA) is 45.2 Å². The number of rotatable bonds is 2. The lowest BCUT2D eigenvalue weighted by atomic mass is 10.1. The molecule has 0 saturated carbocycles. The van der Waals surface area contributed by atoms with Gasteiger partial charge in [-0.25, -0.2) is 4.98 Å². The highest BCUT2D eigenvalue weighted by molar-refractivity contribution is 5.95. The van der Waals surface area contributed by atoms with Crippen LogP contribution in [0.5, 0.6) is 0 Å². The zero-order valence-electron chi connectivity index (χ0n) is 10.3. The third-order valence-corrected chi connectivity index (χ3v) is 3.45. The summed E-state index contributed by atoms with van der Waals surface area (Å²) in [5.74, 6) is -0.00717. The first-order valence-electron chi connectivity index (χ1n) is 6.09. The normalized spacial score (nSPS) is 15.4. The first-order valence-corrected chi connectivity index (χ1v) is 6.09. The summed E-state index contributed by atoms with van der Waals surface area (Å²) in [6.07, 6.45) is 0. The smallest absolute Gasteiger partial charge is 0.272 e. The third-order valence-electron chi connectivity index (χ3n) is 3.45. The molecule has 2 aromatic rings. The fourth-order valence-electron chi connectivity index (χ4n) is 2.08. The molecule has 18 heavy (non-hydrogen) atoms. The summed E-state index contributed by atoms with van der Waals surface area (Å²) in [5.41, 5.74) is 1.38. The van der Waals surface area contributed by atoms with Gasteiger partial charge in [-0.1, -0.05) is 24.3 Å². The Bertz CT molecular complexity index is 592. The van der Waals surface area contributed by atoms with Crippen molar-refractivity contribution in [2.45, 2.75) is 6.04 Å². The highest BCUT2D eigenvalue weighted by atomic mass is 16.2. The summed E-state index contributed by atoms with van der Waals surface area (Å²) in [6, 6.07) is 11.9. The van der Waals surface area contributed by atoms with Gasteiger partial charge in [-0.05, 0) is 12.1 Å². The third kappa shape index (κ3) is 1.84. The average molecular weight is 241 g/mol. The second-order valence-corrected chi connectivity index (χ2v) is 4.62. The van der Waals surface area contributed by atoms with Gasteiger partial charge in [0, 0.05) is 25.5 Å². The van der Waals surface area contributed by atoms with E-state index in [1.165, 1.54) is 0 Å². The molecular formula is C14H15N3O. The van der Waals surface area contributed by atoms with Crippen molar-refractivity contribution in [1.82, 2.24) is 15.2 Å². The monoisotopic (exact) mass is 241 g/mol. The molecule has 0 aliphatic carbocycles. The Hall–Kier alpha value is -1.94. The van der Waals surface area contributed by atoms with Crippen molar-refractivity contribution in [1.29, 1.82) is 0 Å². The number of hydrogen-bond acceptors (Lipinski definition) is 3. The van der Waals surface area contributed by atoms with Gasteiger partial charge in [0.05, 0.1) is 11.6 Å². The number of benzene rings is 1. The second kappa shape index (κ2) is 4.38. The van der Waals surface area contributed by atoms with Crippen molar-refractivity contribution in [3.63, 3.8) is 0 Å². The van der Waals surface area contributed by atoms with Crippen LogP contribution in [0.1, 0.15) is 10.5 Å². The molecule has 1 aromatic carbocycles. The summed E-state index contributed by atoms with van der Waals surface area (Å²) >= 11 is 0. The molecule has 2 heterocycles. The lowest BCUT2D eigenvalue weighted by Crippen LogP contribution is -2.57. The Kier molecular flexibility index (Phi) is 2.72. The Morgan fingerprint density at radius 3 is 2.78 bits per heavy atom. The van der Waals surface area contributed by atoms with E-state index in [0.717, 1.165) is 24.0 Å². The van der Waals surface area contributed by atoms with Gasteiger partial charge in [-0.2, -0.15) is 0 Å². The molecule has 1 aliphatic rings. The lowest BCUT2D eigenvalue weighted by molar-refractivity contribution is 0.0675. The molecule has 0 spiro atoms. The number of amides is 1. The van der Waals surface area contributed by atoms with Gasteiger partial charge in [0.25, 0.3) is 5.91 Å².